The molecule has 9 aromatic rings. The molecule has 0 radical (unpaired) electrons. The molecule has 0 aliphatic carbocycles. The van der Waals surface area contributed by atoms with Crippen LogP contribution in [0.4, 0.5) is 0 Å². The molecule has 45 heavy (non-hydrogen) atoms. The summed E-state index contributed by atoms with van der Waals surface area (Å²) < 4.78 is 8.96. The van der Waals surface area contributed by atoms with Gasteiger partial charge in [0.1, 0.15) is 11.2 Å². The SMILES string of the molecule is Cc1ccc2oc3ccc4c5ccccc5n(-c5ccccc5)c4c3c2c1-c1nc(-c2ccccc2)nc(-c2ccccc2)n1. The van der Waals surface area contributed by atoms with E-state index in [4.69, 9.17) is 19.4 Å². The zero-order valence-electron chi connectivity index (χ0n) is 24.5. The van der Waals surface area contributed by atoms with Crippen molar-refractivity contribution in [1.29, 1.82) is 0 Å². The topological polar surface area (TPSA) is 56.7 Å². The minimum absolute atomic E-state index is 0.618. The highest BCUT2D eigenvalue weighted by Crippen LogP contribution is 2.44. The van der Waals surface area contributed by atoms with Gasteiger partial charge in [-0.1, -0.05) is 103 Å². The third-order valence-electron chi connectivity index (χ3n) is 8.58. The number of furan rings is 1. The van der Waals surface area contributed by atoms with Crippen LogP contribution in [0.1, 0.15) is 5.56 Å². The number of rotatable bonds is 4. The molecule has 6 aromatic carbocycles. The molecule has 0 spiro atoms. The Morgan fingerprint density at radius 3 is 1.73 bits per heavy atom. The maximum atomic E-state index is 6.61. The quantitative estimate of drug-likeness (QED) is 0.208. The van der Waals surface area contributed by atoms with Gasteiger partial charge in [-0.3, -0.25) is 0 Å². The molecule has 0 atom stereocenters. The molecular weight excluding hydrogens is 552 g/mol. The second-order valence-corrected chi connectivity index (χ2v) is 11.3. The van der Waals surface area contributed by atoms with E-state index in [1.165, 1.54) is 10.8 Å². The number of fused-ring (bicyclic) bond motifs is 7. The Morgan fingerprint density at radius 2 is 1.04 bits per heavy atom. The minimum atomic E-state index is 0.618. The van der Waals surface area contributed by atoms with Crippen LogP contribution >= 0.6 is 0 Å². The number of para-hydroxylation sites is 2. The van der Waals surface area contributed by atoms with Gasteiger partial charge in [-0.25, -0.2) is 15.0 Å². The Morgan fingerprint density at radius 1 is 0.489 bits per heavy atom. The molecule has 3 heterocycles. The number of nitrogens with zero attached hydrogens (tertiary/aromatic N) is 4. The highest BCUT2D eigenvalue weighted by molar-refractivity contribution is 6.27. The van der Waals surface area contributed by atoms with Crippen molar-refractivity contribution in [3.8, 4) is 39.9 Å². The van der Waals surface area contributed by atoms with Gasteiger partial charge in [0.25, 0.3) is 0 Å². The van der Waals surface area contributed by atoms with E-state index in [1.807, 2.05) is 60.7 Å². The second kappa shape index (κ2) is 10.00. The molecule has 0 bridgehead atoms. The first-order chi connectivity index (χ1) is 22.2. The third kappa shape index (κ3) is 3.98. The summed E-state index contributed by atoms with van der Waals surface area (Å²) in [5.41, 5.74) is 8.85. The molecule has 9 rings (SSSR count). The number of aryl methyl sites for hydroxylation is 1. The fraction of sp³-hybridized carbons (Fsp3) is 0.0250. The minimum Gasteiger partial charge on any atom is -0.456 e. The summed E-state index contributed by atoms with van der Waals surface area (Å²) in [5.74, 6) is 1.88. The molecule has 3 aromatic heterocycles. The van der Waals surface area contributed by atoms with Crippen molar-refractivity contribution in [2.24, 2.45) is 0 Å². The lowest BCUT2D eigenvalue weighted by molar-refractivity contribution is 0.669. The molecule has 0 N–H and O–H groups in total. The van der Waals surface area contributed by atoms with E-state index in [2.05, 4.69) is 90.4 Å². The van der Waals surface area contributed by atoms with E-state index in [-0.39, 0.29) is 0 Å². The van der Waals surface area contributed by atoms with Crippen LogP contribution in [0, 0.1) is 6.92 Å². The van der Waals surface area contributed by atoms with Gasteiger partial charge >= 0.3 is 0 Å². The first-order valence-electron chi connectivity index (χ1n) is 15.1. The Bertz CT molecular complexity index is 2470. The molecule has 0 saturated carbocycles. The molecule has 0 fully saturated rings. The van der Waals surface area contributed by atoms with Crippen molar-refractivity contribution < 1.29 is 4.42 Å². The molecule has 5 nitrogen and oxygen atoms in total. The normalized spacial score (nSPS) is 11.7. The van der Waals surface area contributed by atoms with Crippen molar-refractivity contribution in [3.05, 3.63) is 145 Å². The van der Waals surface area contributed by atoms with E-state index in [9.17, 15) is 0 Å². The van der Waals surface area contributed by atoms with Crippen LogP contribution in [0.25, 0.3) is 83.6 Å². The van der Waals surface area contributed by atoms with Crippen LogP contribution in [0.2, 0.25) is 0 Å². The Kier molecular flexibility index (Phi) is 5.65. The Hall–Kier alpha value is -6.07. The number of aromatic nitrogens is 4. The predicted molar refractivity (Wildman–Crippen MR) is 182 cm³/mol. The summed E-state index contributed by atoms with van der Waals surface area (Å²) in [7, 11) is 0. The van der Waals surface area contributed by atoms with Gasteiger partial charge in [0, 0.05) is 38.5 Å². The maximum absolute atomic E-state index is 6.61. The average molecular weight is 579 g/mol. The monoisotopic (exact) mass is 578 g/mol. The second-order valence-electron chi connectivity index (χ2n) is 11.3. The highest BCUT2D eigenvalue weighted by atomic mass is 16.3. The number of hydrogen-bond donors (Lipinski definition) is 0. The van der Waals surface area contributed by atoms with Crippen LogP contribution in [-0.4, -0.2) is 19.5 Å². The predicted octanol–water partition coefficient (Wildman–Crippen LogP) is 10.2. The van der Waals surface area contributed by atoms with Gasteiger partial charge in [-0.05, 0) is 48.9 Å². The third-order valence-corrected chi connectivity index (χ3v) is 8.58. The van der Waals surface area contributed by atoms with E-state index in [0.29, 0.717) is 17.5 Å². The van der Waals surface area contributed by atoms with E-state index >= 15 is 0 Å². The Balaban J connectivity index is 1.44. The zero-order valence-corrected chi connectivity index (χ0v) is 24.5. The van der Waals surface area contributed by atoms with Crippen molar-refractivity contribution in [2.45, 2.75) is 6.92 Å². The largest absolute Gasteiger partial charge is 0.456 e. The van der Waals surface area contributed by atoms with Gasteiger partial charge in [-0.15, -0.1) is 0 Å². The lowest BCUT2D eigenvalue weighted by atomic mass is 9.99. The van der Waals surface area contributed by atoms with Crippen molar-refractivity contribution in [1.82, 2.24) is 19.5 Å². The van der Waals surface area contributed by atoms with Gasteiger partial charge < -0.3 is 8.98 Å². The van der Waals surface area contributed by atoms with Crippen LogP contribution in [0.15, 0.2) is 144 Å². The molecule has 0 saturated heterocycles. The lowest BCUT2D eigenvalue weighted by Gasteiger charge is -2.12. The van der Waals surface area contributed by atoms with Crippen molar-refractivity contribution in [3.63, 3.8) is 0 Å². The molecule has 5 heteroatoms. The van der Waals surface area contributed by atoms with Gasteiger partial charge in [0.15, 0.2) is 17.5 Å². The van der Waals surface area contributed by atoms with Gasteiger partial charge in [0.05, 0.1) is 16.4 Å². The molecular formula is C40H26N4O. The first-order valence-corrected chi connectivity index (χ1v) is 15.1. The molecule has 0 unspecified atom stereocenters. The van der Waals surface area contributed by atoms with E-state index in [0.717, 1.165) is 60.9 Å². The number of benzene rings is 6. The average Bonchev–Trinajstić information content (AvgIpc) is 3.65. The Labute approximate surface area is 259 Å². The van der Waals surface area contributed by atoms with Gasteiger partial charge in [-0.2, -0.15) is 0 Å². The highest BCUT2D eigenvalue weighted by Gasteiger charge is 2.24. The first kappa shape index (κ1) is 25.4. The summed E-state index contributed by atoms with van der Waals surface area (Å²) >= 11 is 0. The zero-order chi connectivity index (χ0) is 29.9. The lowest BCUT2D eigenvalue weighted by Crippen LogP contribution is -2.01. The van der Waals surface area contributed by atoms with E-state index in [1.54, 1.807) is 0 Å². The van der Waals surface area contributed by atoms with Crippen molar-refractivity contribution >= 4 is 43.7 Å². The summed E-state index contributed by atoms with van der Waals surface area (Å²) in [5, 5.41) is 4.41. The maximum Gasteiger partial charge on any atom is 0.165 e. The fourth-order valence-corrected chi connectivity index (χ4v) is 6.56. The van der Waals surface area contributed by atoms with Crippen molar-refractivity contribution in [2.75, 3.05) is 0 Å². The van der Waals surface area contributed by atoms with Crippen LogP contribution in [0.5, 0.6) is 0 Å². The fourth-order valence-electron chi connectivity index (χ4n) is 6.56. The summed E-state index contributed by atoms with van der Waals surface area (Å²) in [4.78, 5) is 15.2. The summed E-state index contributed by atoms with van der Waals surface area (Å²) in [6.07, 6.45) is 0. The standard InChI is InChI=1S/C40H26N4O/c1-25-21-23-32-35(34(25)40-42-38(26-13-5-2-6-14-26)41-39(43-40)27-15-7-3-8-16-27)36-33(45-32)24-22-30-29-19-11-12-20-31(29)44(37(30)36)28-17-9-4-10-18-28/h2-24H,1H3. The van der Waals surface area contributed by atoms with Gasteiger partial charge in [0.2, 0.25) is 0 Å². The van der Waals surface area contributed by atoms with Crippen LogP contribution in [0.3, 0.4) is 0 Å². The molecule has 212 valence electrons. The molecule has 0 aliphatic heterocycles. The smallest absolute Gasteiger partial charge is 0.165 e. The number of hydrogen-bond acceptors (Lipinski definition) is 4. The van der Waals surface area contributed by atoms with Crippen LogP contribution < -0.4 is 0 Å². The molecule has 0 aliphatic rings. The van der Waals surface area contributed by atoms with Crippen LogP contribution in [-0.2, 0) is 0 Å². The summed E-state index contributed by atoms with van der Waals surface area (Å²) in [6.45, 7) is 2.12. The molecule has 0 amide bonds. The summed E-state index contributed by atoms with van der Waals surface area (Å²) in [6, 6.07) is 47.7. The van der Waals surface area contributed by atoms with E-state index < -0.39 is 0 Å².